The van der Waals surface area contributed by atoms with E-state index in [1.807, 2.05) is 47.6 Å². The summed E-state index contributed by atoms with van der Waals surface area (Å²) in [4.78, 5) is 21.3. The Kier molecular flexibility index (Phi) is 5.21. The fraction of sp³-hybridized carbons (Fsp3) is 0.500. The summed E-state index contributed by atoms with van der Waals surface area (Å²) in [7, 11) is 2.15. The average molecular weight is 408 g/mol. The Bertz CT molecular complexity index is 863. The van der Waals surface area contributed by atoms with Gasteiger partial charge in [-0.1, -0.05) is 24.3 Å². The van der Waals surface area contributed by atoms with Crippen LogP contribution < -0.4 is 4.74 Å². The maximum absolute atomic E-state index is 12.8. The fourth-order valence-electron chi connectivity index (χ4n) is 4.95. The van der Waals surface area contributed by atoms with E-state index in [1.165, 1.54) is 5.56 Å². The third kappa shape index (κ3) is 3.94. The van der Waals surface area contributed by atoms with Crippen LogP contribution in [-0.2, 0) is 22.5 Å². The second kappa shape index (κ2) is 8.00. The van der Waals surface area contributed by atoms with Gasteiger partial charge in [-0.3, -0.25) is 9.78 Å². The first-order chi connectivity index (χ1) is 14.6. The third-order valence-electron chi connectivity index (χ3n) is 6.57. The lowest BCUT2D eigenvalue weighted by atomic mass is 9.82. The Hall–Kier alpha value is -2.44. The predicted molar refractivity (Wildman–Crippen MR) is 113 cm³/mol. The lowest BCUT2D eigenvalue weighted by Crippen LogP contribution is -2.68. The van der Waals surface area contributed by atoms with Gasteiger partial charge in [-0.05, 0) is 49.1 Å². The Morgan fingerprint density at radius 2 is 2.13 bits per heavy atom. The number of para-hydroxylation sites is 1. The lowest BCUT2D eigenvalue weighted by molar-refractivity contribution is -0.193. The van der Waals surface area contributed by atoms with Gasteiger partial charge in [0.15, 0.2) is 6.10 Å². The topological polar surface area (TPSA) is 54.9 Å². The number of benzene rings is 1. The number of likely N-dealkylation sites (tertiary alicyclic amines) is 1. The number of pyridine rings is 1. The minimum Gasteiger partial charge on any atom is -0.480 e. The van der Waals surface area contributed by atoms with Crippen molar-refractivity contribution in [2.75, 3.05) is 33.3 Å². The van der Waals surface area contributed by atoms with Crippen molar-refractivity contribution in [2.45, 2.75) is 37.5 Å². The number of rotatable bonds is 5. The monoisotopic (exact) mass is 407 g/mol. The van der Waals surface area contributed by atoms with E-state index in [0.29, 0.717) is 25.4 Å². The molecule has 0 bridgehead atoms. The summed E-state index contributed by atoms with van der Waals surface area (Å²) in [6, 6.07) is 12.0. The molecule has 2 aromatic rings. The van der Waals surface area contributed by atoms with E-state index in [9.17, 15) is 4.79 Å². The van der Waals surface area contributed by atoms with Gasteiger partial charge in [0.1, 0.15) is 11.4 Å². The van der Waals surface area contributed by atoms with Gasteiger partial charge in [0, 0.05) is 31.9 Å². The molecule has 1 spiro atoms. The molecular formula is C24H29N3O3. The van der Waals surface area contributed by atoms with Crippen LogP contribution in [0.1, 0.15) is 24.0 Å². The van der Waals surface area contributed by atoms with E-state index >= 15 is 0 Å². The highest BCUT2D eigenvalue weighted by molar-refractivity contribution is 5.83. The highest BCUT2D eigenvalue weighted by Gasteiger charge is 2.50. The van der Waals surface area contributed by atoms with Crippen LogP contribution in [0.4, 0.5) is 0 Å². The number of nitrogens with zero attached hydrogens (tertiary/aromatic N) is 3. The lowest BCUT2D eigenvalue weighted by Gasteiger charge is -2.53. The van der Waals surface area contributed by atoms with Crippen LogP contribution in [0.25, 0.3) is 0 Å². The van der Waals surface area contributed by atoms with Crippen LogP contribution in [-0.4, -0.2) is 65.7 Å². The van der Waals surface area contributed by atoms with Crippen molar-refractivity contribution in [1.82, 2.24) is 14.8 Å². The van der Waals surface area contributed by atoms with Gasteiger partial charge in [-0.25, -0.2) is 0 Å². The Morgan fingerprint density at radius 3 is 2.87 bits per heavy atom. The minimum absolute atomic E-state index is 0.0961. The standard InChI is InChI=1S/C24H29N3O3/c1-26(13-18-5-4-10-25-12-18)14-19-8-9-24(29-15-19)16-27(17-24)23(28)22-11-20-6-2-3-7-21(20)30-22/h2-7,10,12,19,22H,8-9,11,13-17H2,1H3. The zero-order valence-electron chi connectivity index (χ0n) is 17.5. The van der Waals surface area contributed by atoms with Crippen molar-refractivity contribution in [3.05, 3.63) is 59.9 Å². The average Bonchev–Trinajstić information content (AvgIpc) is 3.17. The van der Waals surface area contributed by atoms with Gasteiger partial charge in [-0.2, -0.15) is 0 Å². The SMILES string of the molecule is CN(Cc1cccnc1)CC1CCC2(CN(C(=O)C3Cc4ccccc4O3)C2)OC1. The molecule has 1 aromatic heterocycles. The molecule has 3 aliphatic rings. The summed E-state index contributed by atoms with van der Waals surface area (Å²) in [5.74, 6) is 1.48. The molecule has 2 saturated heterocycles. The molecule has 6 nitrogen and oxygen atoms in total. The van der Waals surface area contributed by atoms with Gasteiger partial charge in [0.25, 0.3) is 5.91 Å². The number of carbonyl (C=O) groups is 1. The number of fused-ring (bicyclic) bond motifs is 1. The molecule has 1 aromatic carbocycles. The van der Waals surface area contributed by atoms with Crippen LogP contribution in [0, 0.1) is 5.92 Å². The number of ether oxygens (including phenoxy) is 2. The minimum atomic E-state index is -0.378. The molecule has 6 heteroatoms. The normalized spacial score (nSPS) is 24.4. The Morgan fingerprint density at radius 1 is 1.27 bits per heavy atom. The van der Waals surface area contributed by atoms with E-state index in [1.54, 1.807) is 0 Å². The van der Waals surface area contributed by atoms with E-state index in [4.69, 9.17) is 9.47 Å². The highest BCUT2D eigenvalue weighted by atomic mass is 16.5. The van der Waals surface area contributed by atoms with Crippen molar-refractivity contribution < 1.29 is 14.3 Å². The summed E-state index contributed by atoms with van der Waals surface area (Å²) in [5.41, 5.74) is 2.22. The van der Waals surface area contributed by atoms with E-state index < -0.39 is 0 Å². The summed E-state index contributed by atoms with van der Waals surface area (Å²) in [6.07, 6.45) is 6.19. The van der Waals surface area contributed by atoms with Gasteiger partial charge < -0.3 is 19.3 Å². The number of carbonyl (C=O) groups excluding carboxylic acids is 1. The van der Waals surface area contributed by atoms with Crippen LogP contribution in [0.15, 0.2) is 48.8 Å². The van der Waals surface area contributed by atoms with Crippen molar-refractivity contribution >= 4 is 5.91 Å². The van der Waals surface area contributed by atoms with Crippen molar-refractivity contribution in [2.24, 2.45) is 5.92 Å². The largest absolute Gasteiger partial charge is 0.480 e. The second-order valence-corrected chi connectivity index (χ2v) is 9.07. The molecular weight excluding hydrogens is 378 g/mol. The van der Waals surface area contributed by atoms with Crippen LogP contribution >= 0.6 is 0 Å². The predicted octanol–water partition coefficient (Wildman–Crippen LogP) is 2.52. The Labute approximate surface area is 177 Å². The summed E-state index contributed by atoms with van der Waals surface area (Å²) in [6.45, 7) is 4.08. The summed E-state index contributed by atoms with van der Waals surface area (Å²) in [5, 5.41) is 0. The van der Waals surface area contributed by atoms with Gasteiger partial charge in [0.05, 0.1) is 19.7 Å². The van der Waals surface area contributed by atoms with Gasteiger partial charge >= 0.3 is 0 Å². The van der Waals surface area contributed by atoms with E-state index in [-0.39, 0.29) is 17.6 Å². The molecule has 158 valence electrons. The smallest absolute Gasteiger partial charge is 0.264 e. The molecule has 0 N–H and O–H groups in total. The maximum Gasteiger partial charge on any atom is 0.264 e. The molecule has 4 heterocycles. The molecule has 0 aliphatic carbocycles. The van der Waals surface area contributed by atoms with Gasteiger partial charge in [-0.15, -0.1) is 0 Å². The maximum atomic E-state index is 12.8. The summed E-state index contributed by atoms with van der Waals surface area (Å²) < 4.78 is 12.2. The molecule has 2 atom stereocenters. The first-order valence-corrected chi connectivity index (χ1v) is 10.8. The molecule has 2 unspecified atom stereocenters. The van der Waals surface area contributed by atoms with E-state index in [0.717, 1.165) is 43.9 Å². The number of aromatic nitrogens is 1. The number of hydrogen-bond donors (Lipinski definition) is 0. The van der Waals surface area contributed by atoms with Crippen LogP contribution in [0.2, 0.25) is 0 Å². The molecule has 1 amide bonds. The quantitative estimate of drug-likeness (QED) is 0.762. The van der Waals surface area contributed by atoms with Crippen molar-refractivity contribution in [3.8, 4) is 5.75 Å². The second-order valence-electron chi connectivity index (χ2n) is 9.07. The number of amides is 1. The molecule has 30 heavy (non-hydrogen) atoms. The first kappa shape index (κ1) is 19.5. The molecule has 0 saturated carbocycles. The van der Waals surface area contributed by atoms with Crippen molar-refractivity contribution in [3.63, 3.8) is 0 Å². The van der Waals surface area contributed by atoms with Gasteiger partial charge in [0.2, 0.25) is 0 Å². The zero-order valence-corrected chi connectivity index (χ0v) is 17.5. The first-order valence-electron chi connectivity index (χ1n) is 10.8. The number of hydrogen-bond acceptors (Lipinski definition) is 5. The van der Waals surface area contributed by atoms with Crippen LogP contribution in [0.5, 0.6) is 5.75 Å². The third-order valence-corrected chi connectivity index (χ3v) is 6.57. The highest BCUT2D eigenvalue weighted by Crippen LogP contribution is 2.38. The molecule has 2 fully saturated rings. The molecule has 3 aliphatic heterocycles. The fourth-order valence-corrected chi connectivity index (χ4v) is 4.95. The van der Waals surface area contributed by atoms with E-state index in [2.05, 4.69) is 23.0 Å². The molecule has 5 rings (SSSR count). The molecule has 0 radical (unpaired) electrons. The Balaban J connectivity index is 1.07. The van der Waals surface area contributed by atoms with Crippen LogP contribution in [0.3, 0.4) is 0 Å². The summed E-state index contributed by atoms with van der Waals surface area (Å²) >= 11 is 0. The van der Waals surface area contributed by atoms with Crippen molar-refractivity contribution in [1.29, 1.82) is 0 Å². The zero-order chi connectivity index (χ0) is 20.6.